The first-order chi connectivity index (χ1) is 17.1. The quantitative estimate of drug-likeness (QED) is 0.309. The summed E-state index contributed by atoms with van der Waals surface area (Å²) in [6.45, 7) is 9.86. The number of aromatic nitrogens is 4. The predicted octanol–water partition coefficient (Wildman–Crippen LogP) is 5.34. The van der Waals surface area contributed by atoms with Crippen molar-refractivity contribution in [2.24, 2.45) is 0 Å². The lowest BCUT2D eigenvalue weighted by atomic mass is 10.2. The van der Waals surface area contributed by atoms with Crippen molar-refractivity contribution in [1.29, 1.82) is 0 Å². The van der Waals surface area contributed by atoms with Gasteiger partial charge >= 0.3 is 0 Å². The van der Waals surface area contributed by atoms with Gasteiger partial charge in [0.25, 0.3) is 0 Å². The second-order valence-corrected chi connectivity index (χ2v) is 8.87. The number of imidazole rings is 1. The molecule has 0 atom stereocenters. The predicted molar refractivity (Wildman–Crippen MR) is 146 cm³/mol. The zero-order valence-electron chi connectivity index (χ0n) is 19.3. The van der Waals surface area contributed by atoms with Crippen molar-refractivity contribution in [3.8, 4) is 11.4 Å². The van der Waals surface area contributed by atoms with Crippen LogP contribution in [0.5, 0.6) is 0 Å². The molecule has 0 saturated carbocycles. The fourth-order valence-electron chi connectivity index (χ4n) is 3.55. The number of hydrogen-bond acceptors (Lipinski definition) is 6. The standard InChI is InChI=1S/C28H24N6S/c1-4-5-21-8-15-25(30-20(21)3)26-18-34-17-16-29-27(28(34)32-26)31-22-9-11-23(12-10-22)33-35-24-13-6-19(2)7-14-24/h4-18,33H,1,3H2,2H3,(H,29,31)/b21-5-. The number of pyridine rings is 1. The third-order valence-electron chi connectivity index (χ3n) is 5.40. The van der Waals surface area contributed by atoms with E-state index >= 15 is 0 Å². The van der Waals surface area contributed by atoms with E-state index in [4.69, 9.17) is 4.98 Å². The SMILES string of the molecule is C=C/C=c1/ccc(-c2cn3ccnc(Nc4ccc(NSc5ccc(C)cc5)cc4)c3n2)nc1=C. The minimum atomic E-state index is 0.667. The molecule has 3 aromatic heterocycles. The van der Waals surface area contributed by atoms with E-state index in [1.54, 1.807) is 24.2 Å². The Balaban J connectivity index is 1.34. The summed E-state index contributed by atoms with van der Waals surface area (Å²) >= 11 is 1.59. The van der Waals surface area contributed by atoms with Crippen molar-refractivity contribution in [1.82, 2.24) is 19.4 Å². The molecule has 0 bridgehead atoms. The minimum absolute atomic E-state index is 0.667. The lowest BCUT2D eigenvalue weighted by molar-refractivity contribution is 1.13. The van der Waals surface area contributed by atoms with Gasteiger partial charge in [0.1, 0.15) is 5.69 Å². The number of allylic oxidation sites excluding steroid dienone is 1. The van der Waals surface area contributed by atoms with E-state index < -0.39 is 0 Å². The van der Waals surface area contributed by atoms with E-state index in [9.17, 15) is 0 Å². The van der Waals surface area contributed by atoms with E-state index in [-0.39, 0.29) is 0 Å². The summed E-state index contributed by atoms with van der Waals surface area (Å²) in [5.41, 5.74) is 5.41. The van der Waals surface area contributed by atoms with Crippen LogP contribution in [0.15, 0.2) is 96.8 Å². The van der Waals surface area contributed by atoms with Crippen LogP contribution >= 0.6 is 11.9 Å². The number of nitrogens with one attached hydrogen (secondary N) is 2. The van der Waals surface area contributed by atoms with Crippen molar-refractivity contribution in [2.45, 2.75) is 11.8 Å². The molecule has 5 rings (SSSR count). The molecule has 3 heterocycles. The lowest BCUT2D eigenvalue weighted by Gasteiger charge is -2.09. The minimum Gasteiger partial charge on any atom is -0.337 e. The van der Waals surface area contributed by atoms with Crippen LogP contribution in [-0.2, 0) is 0 Å². The Morgan fingerprint density at radius 1 is 0.914 bits per heavy atom. The Morgan fingerprint density at radius 3 is 2.43 bits per heavy atom. The third-order valence-corrected chi connectivity index (χ3v) is 6.25. The number of rotatable bonds is 7. The van der Waals surface area contributed by atoms with Crippen molar-refractivity contribution in [2.75, 3.05) is 10.0 Å². The zero-order chi connectivity index (χ0) is 24.2. The average molecular weight is 477 g/mol. The molecule has 2 aromatic carbocycles. The summed E-state index contributed by atoms with van der Waals surface area (Å²) in [7, 11) is 0. The molecule has 0 radical (unpaired) electrons. The maximum absolute atomic E-state index is 4.78. The van der Waals surface area contributed by atoms with E-state index in [2.05, 4.69) is 64.4 Å². The molecule has 0 aliphatic heterocycles. The maximum Gasteiger partial charge on any atom is 0.181 e. The van der Waals surface area contributed by atoms with Gasteiger partial charge in [-0.2, -0.15) is 0 Å². The molecule has 0 aliphatic rings. The van der Waals surface area contributed by atoms with Crippen LogP contribution in [0.1, 0.15) is 5.56 Å². The van der Waals surface area contributed by atoms with Crippen LogP contribution in [0.2, 0.25) is 0 Å². The van der Waals surface area contributed by atoms with Gasteiger partial charge < -0.3 is 14.4 Å². The molecule has 0 saturated heterocycles. The number of nitrogens with zero attached hydrogens (tertiary/aromatic N) is 4. The van der Waals surface area contributed by atoms with Gasteiger partial charge in [0.15, 0.2) is 11.5 Å². The maximum atomic E-state index is 4.78. The first-order valence-corrected chi connectivity index (χ1v) is 11.9. The van der Waals surface area contributed by atoms with Crippen LogP contribution < -0.4 is 20.6 Å². The summed E-state index contributed by atoms with van der Waals surface area (Å²) in [4.78, 5) is 15.1. The van der Waals surface area contributed by atoms with E-state index in [0.717, 1.165) is 32.9 Å². The normalized spacial score (nSPS) is 11.5. The second kappa shape index (κ2) is 9.87. The van der Waals surface area contributed by atoms with Crippen LogP contribution in [0.4, 0.5) is 17.2 Å². The van der Waals surface area contributed by atoms with Crippen LogP contribution in [0.3, 0.4) is 0 Å². The average Bonchev–Trinajstić information content (AvgIpc) is 3.31. The first kappa shape index (κ1) is 22.4. The molecule has 7 heteroatoms. The van der Waals surface area contributed by atoms with Crippen LogP contribution in [-0.4, -0.2) is 19.4 Å². The summed E-state index contributed by atoms with van der Waals surface area (Å²) < 4.78 is 5.31. The van der Waals surface area contributed by atoms with Gasteiger partial charge in [-0.3, -0.25) is 0 Å². The van der Waals surface area contributed by atoms with Crippen LogP contribution in [0, 0.1) is 6.92 Å². The van der Waals surface area contributed by atoms with Gasteiger partial charge in [-0.1, -0.05) is 49.1 Å². The highest BCUT2D eigenvalue weighted by Gasteiger charge is 2.10. The fraction of sp³-hybridized carbons (Fsp3) is 0.0357. The van der Waals surface area contributed by atoms with Gasteiger partial charge in [-0.05, 0) is 66.6 Å². The van der Waals surface area contributed by atoms with Crippen molar-refractivity contribution >= 4 is 47.4 Å². The van der Waals surface area contributed by atoms with Gasteiger partial charge in [0, 0.05) is 34.9 Å². The number of aryl methyl sites for hydroxylation is 1. The van der Waals surface area contributed by atoms with Crippen molar-refractivity contribution in [3.05, 3.63) is 108 Å². The number of fused-ring (bicyclic) bond motifs is 1. The largest absolute Gasteiger partial charge is 0.337 e. The van der Waals surface area contributed by atoms with Crippen molar-refractivity contribution in [3.63, 3.8) is 0 Å². The molecule has 2 N–H and O–H groups in total. The molecule has 0 spiro atoms. The van der Waals surface area contributed by atoms with Crippen molar-refractivity contribution < 1.29 is 0 Å². The summed E-state index contributed by atoms with van der Waals surface area (Å²) in [5, 5.41) is 5.00. The number of hydrogen-bond donors (Lipinski definition) is 2. The monoisotopic (exact) mass is 476 g/mol. The highest BCUT2D eigenvalue weighted by atomic mass is 32.2. The highest BCUT2D eigenvalue weighted by Crippen LogP contribution is 2.25. The van der Waals surface area contributed by atoms with E-state index in [1.165, 1.54) is 5.56 Å². The molecular formula is C28H24N6S. The molecule has 0 amide bonds. The molecule has 0 fully saturated rings. The topological polar surface area (TPSA) is 67.1 Å². The van der Waals surface area contributed by atoms with E-state index in [0.29, 0.717) is 16.8 Å². The van der Waals surface area contributed by atoms with Gasteiger partial charge in [-0.25, -0.2) is 15.0 Å². The highest BCUT2D eigenvalue weighted by molar-refractivity contribution is 8.00. The Kier molecular flexibility index (Phi) is 6.32. The smallest absolute Gasteiger partial charge is 0.181 e. The molecule has 172 valence electrons. The Hall–Kier alpha value is -4.36. The summed E-state index contributed by atoms with van der Waals surface area (Å²) in [6, 6.07) is 20.4. The molecule has 5 aromatic rings. The Labute approximate surface area is 207 Å². The number of benzene rings is 2. The molecule has 0 unspecified atom stereocenters. The Morgan fingerprint density at radius 2 is 1.69 bits per heavy atom. The number of anilines is 3. The Bertz CT molecular complexity index is 1600. The van der Waals surface area contributed by atoms with E-state index in [1.807, 2.05) is 59.3 Å². The van der Waals surface area contributed by atoms with Gasteiger partial charge in [0.2, 0.25) is 0 Å². The molecule has 35 heavy (non-hydrogen) atoms. The molecule has 0 aliphatic carbocycles. The molecular weight excluding hydrogens is 452 g/mol. The fourth-order valence-corrected chi connectivity index (χ4v) is 4.19. The second-order valence-electron chi connectivity index (χ2n) is 7.99. The summed E-state index contributed by atoms with van der Waals surface area (Å²) in [6.07, 6.45) is 9.17. The molecule has 6 nitrogen and oxygen atoms in total. The lowest BCUT2D eigenvalue weighted by Crippen LogP contribution is -2.26. The summed E-state index contributed by atoms with van der Waals surface area (Å²) in [5.74, 6) is 0.667. The van der Waals surface area contributed by atoms with Gasteiger partial charge in [0.05, 0.1) is 11.0 Å². The third kappa shape index (κ3) is 5.10. The first-order valence-electron chi connectivity index (χ1n) is 11.1. The van der Waals surface area contributed by atoms with Gasteiger partial charge in [-0.15, -0.1) is 0 Å². The van der Waals surface area contributed by atoms with Crippen LogP contribution in [0.25, 0.3) is 29.7 Å². The zero-order valence-corrected chi connectivity index (χ0v) is 20.1.